The first-order valence-corrected chi connectivity index (χ1v) is 11.9. The van der Waals surface area contributed by atoms with Crippen molar-refractivity contribution in [3.8, 4) is 11.5 Å². The molecule has 1 aliphatic heterocycles. The van der Waals surface area contributed by atoms with E-state index in [1.807, 2.05) is 42.6 Å². The lowest BCUT2D eigenvalue weighted by atomic mass is 9.89. The maximum atomic E-state index is 6.45. The molecule has 0 spiro atoms. The van der Waals surface area contributed by atoms with Crippen LogP contribution >= 0.6 is 11.6 Å². The van der Waals surface area contributed by atoms with E-state index >= 15 is 0 Å². The topological polar surface area (TPSA) is 112 Å². The van der Waals surface area contributed by atoms with Crippen LogP contribution in [0, 0.1) is 0 Å². The van der Waals surface area contributed by atoms with Gasteiger partial charge in [0, 0.05) is 35.9 Å². The minimum absolute atomic E-state index is 0.146. The minimum atomic E-state index is -0.160. The molecule has 0 saturated carbocycles. The van der Waals surface area contributed by atoms with Crippen LogP contribution < -0.4 is 25.8 Å². The van der Waals surface area contributed by atoms with E-state index in [-0.39, 0.29) is 12.0 Å². The Morgan fingerprint density at radius 3 is 2.64 bits per heavy atom. The van der Waals surface area contributed by atoms with Crippen molar-refractivity contribution in [2.75, 3.05) is 37.1 Å². The summed E-state index contributed by atoms with van der Waals surface area (Å²) < 4.78 is 11.6. The number of methoxy groups -OCH3 is 2. The quantitative estimate of drug-likeness (QED) is 0.397. The van der Waals surface area contributed by atoms with E-state index in [2.05, 4.69) is 27.0 Å². The summed E-state index contributed by atoms with van der Waals surface area (Å²) in [5.74, 6) is 1.77. The molecular formula is C27H27ClN6O2. The Morgan fingerprint density at radius 2 is 1.92 bits per heavy atom. The summed E-state index contributed by atoms with van der Waals surface area (Å²) in [7, 11) is 3.28. The van der Waals surface area contributed by atoms with Crippen molar-refractivity contribution in [1.29, 1.82) is 0 Å². The Labute approximate surface area is 214 Å². The number of rotatable bonds is 6. The highest BCUT2D eigenvalue weighted by Gasteiger charge is 2.33. The molecule has 4 aromatic rings. The number of anilines is 3. The summed E-state index contributed by atoms with van der Waals surface area (Å²) in [5.41, 5.74) is 17.7. The van der Waals surface area contributed by atoms with E-state index < -0.39 is 0 Å². The largest absolute Gasteiger partial charge is 0.493 e. The molecule has 1 unspecified atom stereocenters. The monoisotopic (exact) mass is 502 g/mol. The van der Waals surface area contributed by atoms with Crippen molar-refractivity contribution < 1.29 is 9.47 Å². The molecule has 0 bridgehead atoms. The summed E-state index contributed by atoms with van der Waals surface area (Å²) in [6, 6.07) is 15.9. The van der Waals surface area contributed by atoms with Crippen molar-refractivity contribution in [1.82, 2.24) is 15.0 Å². The van der Waals surface area contributed by atoms with Crippen molar-refractivity contribution in [2.45, 2.75) is 18.9 Å². The lowest BCUT2D eigenvalue weighted by Crippen LogP contribution is -2.37. The molecule has 8 nitrogen and oxygen atoms in total. The van der Waals surface area contributed by atoms with Gasteiger partial charge in [0.15, 0.2) is 11.5 Å². The minimum Gasteiger partial charge on any atom is -0.493 e. The summed E-state index contributed by atoms with van der Waals surface area (Å²) in [5, 5.41) is 0.689. The molecule has 184 valence electrons. The van der Waals surface area contributed by atoms with Crippen LogP contribution in [0.3, 0.4) is 0 Å². The van der Waals surface area contributed by atoms with Gasteiger partial charge in [0.05, 0.1) is 31.6 Å². The average Bonchev–Trinajstić information content (AvgIpc) is 2.89. The molecule has 0 aliphatic carbocycles. The summed E-state index contributed by atoms with van der Waals surface area (Å²) in [4.78, 5) is 15.2. The summed E-state index contributed by atoms with van der Waals surface area (Å²) in [6.45, 7) is 0.756. The standard InChI is InChI=1S/C27H27ClN6O2/c1-35-23-13-16(11-18-15-32-27(30)33-26(18)29)12-22(25(23)36-2)34-10-8-17-6-7-19(28)14-20(17)24(34)21-5-3-4-9-31-21/h3-7,9,12-15,24H,8,10-11H2,1-2H3,(H4,29,30,32,33). The molecule has 5 rings (SSSR count). The van der Waals surface area contributed by atoms with Gasteiger partial charge in [-0.1, -0.05) is 23.7 Å². The van der Waals surface area contributed by atoms with Gasteiger partial charge in [-0.25, -0.2) is 4.98 Å². The molecule has 0 fully saturated rings. The predicted octanol–water partition coefficient (Wildman–Crippen LogP) is 4.45. The van der Waals surface area contributed by atoms with Crippen LogP contribution in [0.4, 0.5) is 17.5 Å². The molecular weight excluding hydrogens is 476 g/mol. The number of aromatic nitrogens is 3. The number of nitrogens with two attached hydrogens (primary N) is 2. The lowest BCUT2D eigenvalue weighted by Gasteiger charge is -2.39. The molecule has 2 aromatic carbocycles. The zero-order valence-electron chi connectivity index (χ0n) is 20.1. The van der Waals surface area contributed by atoms with Gasteiger partial charge < -0.3 is 25.8 Å². The van der Waals surface area contributed by atoms with Gasteiger partial charge in [-0.05, 0) is 59.5 Å². The fraction of sp³-hybridized carbons (Fsp3) is 0.222. The third kappa shape index (κ3) is 4.47. The lowest BCUT2D eigenvalue weighted by molar-refractivity contribution is 0.354. The normalized spacial score (nSPS) is 14.9. The third-order valence-electron chi connectivity index (χ3n) is 6.44. The number of fused-ring (bicyclic) bond motifs is 1. The molecule has 1 atom stereocenters. The number of hydrogen-bond donors (Lipinski definition) is 2. The molecule has 36 heavy (non-hydrogen) atoms. The van der Waals surface area contributed by atoms with Gasteiger partial charge in [0.2, 0.25) is 5.95 Å². The number of halogens is 1. The summed E-state index contributed by atoms with van der Waals surface area (Å²) >= 11 is 6.45. The Hall–Kier alpha value is -4.04. The highest BCUT2D eigenvalue weighted by Crippen LogP contribution is 2.46. The van der Waals surface area contributed by atoms with Gasteiger partial charge in [-0.2, -0.15) is 4.98 Å². The third-order valence-corrected chi connectivity index (χ3v) is 6.68. The van der Waals surface area contributed by atoms with Gasteiger partial charge in [-0.15, -0.1) is 0 Å². The van der Waals surface area contributed by atoms with E-state index in [9.17, 15) is 0 Å². The first-order chi connectivity index (χ1) is 17.5. The zero-order valence-corrected chi connectivity index (χ0v) is 20.9. The van der Waals surface area contributed by atoms with Crippen LogP contribution in [0.5, 0.6) is 11.5 Å². The molecule has 0 amide bonds. The van der Waals surface area contributed by atoms with Gasteiger partial charge in [0.25, 0.3) is 0 Å². The van der Waals surface area contributed by atoms with Crippen LogP contribution in [0.15, 0.2) is 60.9 Å². The smallest absolute Gasteiger partial charge is 0.221 e. The van der Waals surface area contributed by atoms with Crippen molar-refractivity contribution in [3.05, 3.63) is 93.9 Å². The Bertz CT molecular complexity index is 1400. The van der Waals surface area contributed by atoms with Crippen LogP contribution in [-0.2, 0) is 12.8 Å². The number of pyridine rings is 1. The first-order valence-electron chi connectivity index (χ1n) is 11.6. The molecule has 2 aromatic heterocycles. The number of nitrogens with zero attached hydrogens (tertiary/aromatic N) is 4. The van der Waals surface area contributed by atoms with Crippen LogP contribution in [0.25, 0.3) is 0 Å². The Kier molecular flexibility index (Phi) is 6.52. The molecule has 0 radical (unpaired) electrons. The second kappa shape index (κ2) is 9.91. The van der Waals surface area contributed by atoms with Gasteiger partial charge in [0.1, 0.15) is 5.82 Å². The molecule has 3 heterocycles. The Morgan fingerprint density at radius 1 is 1.06 bits per heavy atom. The second-order valence-electron chi connectivity index (χ2n) is 8.61. The van der Waals surface area contributed by atoms with Crippen molar-refractivity contribution >= 4 is 29.1 Å². The zero-order chi connectivity index (χ0) is 25.2. The highest BCUT2D eigenvalue weighted by molar-refractivity contribution is 6.30. The number of nitrogen functional groups attached to an aromatic ring is 2. The fourth-order valence-corrected chi connectivity index (χ4v) is 4.99. The van der Waals surface area contributed by atoms with Crippen LogP contribution in [0.1, 0.15) is 34.0 Å². The second-order valence-corrected chi connectivity index (χ2v) is 9.05. The number of hydrogen-bond acceptors (Lipinski definition) is 8. The van der Waals surface area contributed by atoms with Gasteiger partial charge >= 0.3 is 0 Å². The SMILES string of the molecule is COc1cc(Cc2cnc(N)nc2N)cc(N2CCc3ccc(Cl)cc3C2c2ccccn2)c1OC. The first kappa shape index (κ1) is 23.7. The molecule has 1 aliphatic rings. The van der Waals surface area contributed by atoms with Crippen LogP contribution in [-0.4, -0.2) is 35.7 Å². The predicted molar refractivity (Wildman–Crippen MR) is 142 cm³/mol. The van der Waals surface area contributed by atoms with Gasteiger partial charge in [-0.3, -0.25) is 4.98 Å². The maximum absolute atomic E-state index is 6.45. The van der Waals surface area contributed by atoms with E-state index in [4.69, 9.17) is 37.5 Å². The average molecular weight is 503 g/mol. The Balaban J connectivity index is 1.66. The summed E-state index contributed by atoms with van der Waals surface area (Å²) in [6.07, 6.45) is 4.82. The number of ether oxygens (including phenoxy) is 2. The molecule has 4 N–H and O–H groups in total. The molecule has 0 saturated heterocycles. The van der Waals surface area contributed by atoms with Crippen molar-refractivity contribution in [2.24, 2.45) is 0 Å². The van der Waals surface area contributed by atoms with E-state index in [1.165, 1.54) is 5.56 Å². The highest BCUT2D eigenvalue weighted by atomic mass is 35.5. The maximum Gasteiger partial charge on any atom is 0.221 e. The van der Waals surface area contributed by atoms with E-state index in [1.54, 1.807) is 20.4 Å². The van der Waals surface area contributed by atoms with Crippen LogP contribution in [0.2, 0.25) is 5.02 Å². The van der Waals surface area contributed by atoms with E-state index in [0.717, 1.165) is 41.0 Å². The number of benzene rings is 2. The van der Waals surface area contributed by atoms with Crippen molar-refractivity contribution in [3.63, 3.8) is 0 Å². The molecule has 9 heteroatoms. The fourth-order valence-electron chi connectivity index (χ4n) is 4.81. The van der Waals surface area contributed by atoms with E-state index in [0.29, 0.717) is 28.8 Å².